The number of rotatable bonds is 10. The topological polar surface area (TPSA) is 86.8 Å². The fourth-order valence-corrected chi connectivity index (χ4v) is 7.93. The summed E-state index contributed by atoms with van der Waals surface area (Å²) >= 11 is 19.5. The van der Waals surface area contributed by atoms with Crippen LogP contribution in [0, 0.1) is 12.8 Å². The molecule has 8 nitrogen and oxygen atoms in total. The average Bonchev–Trinajstić information content (AvgIpc) is 3.78. The summed E-state index contributed by atoms with van der Waals surface area (Å²) in [5.74, 6) is 1.18. The zero-order valence-corrected chi connectivity index (χ0v) is 29.3. The molecule has 2 N–H and O–H groups in total. The fourth-order valence-electron chi connectivity index (χ4n) is 6.97. The first-order valence-electron chi connectivity index (χ1n) is 16.6. The number of ether oxygens (including phenoxy) is 1. The molecular weight excluding hydrogens is 657 g/mol. The van der Waals surface area contributed by atoms with Gasteiger partial charge in [-0.1, -0.05) is 40.9 Å². The number of aromatic nitrogens is 1. The van der Waals surface area contributed by atoms with Gasteiger partial charge in [0, 0.05) is 48.9 Å². The van der Waals surface area contributed by atoms with Gasteiger partial charge in [0.1, 0.15) is 11.9 Å². The zero-order chi connectivity index (χ0) is 33.2. The first kappa shape index (κ1) is 33.8. The minimum Gasteiger partial charge on any atom is -0.485 e. The Morgan fingerprint density at radius 3 is 2.51 bits per heavy atom. The number of nitrogens with zero attached hydrogens (tertiary/aromatic N) is 3. The number of amides is 2. The number of benzene rings is 2. The molecule has 3 aliphatic rings. The lowest BCUT2D eigenvalue weighted by molar-refractivity contribution is -0.139. The number of piperidine rings is 1. The van der Waals surface area contributed by atoms with Crippen LogP contribution in [0.15, 0.2) is 48.7 Å². The lowest BCUT2D eigenvalue weighted by Gasteiger charge is -2.38. The van der Waals surface area contributed by atoms with Crippen molar-refractivity contribution in [3.63, 3.8) is 0 Å². The van der Waals surface area contributed by atoms with Crippen molar-refractivity contribution in [1.82, 2.24) is 20.5 Å². The molecule has 250 valence electrons. The van der Waals surface area contributed by atoms with Gasteiger partial charge in [-0.15, -0.1) is 0 Å². The van der Waals surface area contributed by atoms with Crippen LogP contribution in [-0.4, -0.2) is 66.6 Å². The number of halogens is 3. The summed E-state index contributed by atoms with van der Waals surface area (Å²) in [7, 11) is 0. The quantitative estimate of drug-likeness (QED) is 0.233. The minimum absolute atomic E-state index is 0.0383. The molecule has 2 amide bonds. The van der Waals surface area contributed by atoms with Crippen molar-refractivity contribution in [3.05, 3.63) is 86.0 Å². The van der Waals surface area contributed by atoms with Crippen LogP contribution >= 0.6 is 34.8 Å². The van der Waals surface area contributed by atoms with E-state index in [-0.39, 0.29) is 41.8 Å². The number of hydrogen-bond acceptors (Lipinski definition) is 6. The van der Waals surface area contributed by atoms with E-state index in [1.807, 2.05) is 50.1 Å². The third-order valence-electron chi connectivity index (χ3n) is 9.55. The molecule has 3 aromatic rings. The van der Waals surface area contributed by atoms with Gasteiger partial charge in [0.25, 0.3) is 5.91 Å². The van der Waals surface area contributed by atoms with Crippen molar-refractivity contribution in [3.8, 4) is 5.75 Å². The molecule has 0 spiro atoms. The van der Waals surface area contributed by atoms with Gasteiger partial charge in [0.2, 0.25) is 5.91 Å². The highest BCUT2D eigenvalue weighted by Crippen LogP contribution is 2.41. The van der Waals surface area contributed by atoms with Crippen LogP contribution in [0.1, 0.15) is 78.5 Å². The summed E-state index contributed by atoms with van der Waals surface area (Å²) in [4.78, 5) is 36.1. The molecule has 3 heterocycles. The maximum absolute atomic E-state index is 14.4. The SMILES string of the molecule is CCNC(=O)c1ccc(Cl)c(C(C)N(C(=O)[C@H]2CNCC[C@@H]2c2ccc(N3CC[C@@H](Oc4c(Cl)cc(C)cc4Cl)C3)nc2)C2CC2)c1. The summed E-state index contributed by atoms with van der Waals surface area (Å²) in [6.45, 7) is 9.33. The number of anilines is 1. The fraction of sp³-hybridized carbons (Fsp3) is 0.472. The van der Waals surface area contributed by atoms with Crippen molar-refractivity contribution in [2.24, 2.45) is 5.92 Å². The Kier molecular flexibility index (Phi) is 10.5. The van der Waals surface area contributed by atoms with E-state index in [2.05, 4.69) is 27.7 Å². The van der Waals surface area contributed by atoms with Crippen LogP contribution in [0.5, 0.6) is 5.75 Å². The maximum atomic E-state index is 14.4. The highest BCUT2D eigenvalue weighted by atomic mass is 35.5. The Morgan fingerprint density at radius 2 is 1.83 bits per heavy atom. The van der Waals surface area contributed by atoms with Gasteiger partial charge in [-0.05, 0) is 106 Å². The molecule has 6 rings (SSSR count). The molecule has 47 heavy (non-hydrogen) atoms. The monoisotopic (exact) mass is 697 g/mol. The summed E-state index contributed by atoms with van der Waals surface area (Å²) in [6.07, 6.45) is 5.49. The Labute approximate surface area is 292 Å². The Balaban J connectivity index is 1.16. The summed E-state index contributed by atoms with van der Waals surface area (Å²) in [6, 6.07) is 13.1. The Hall–Kier alpha value is -3.04. The van der Waals surface area contributed by atoms with E-state index >= 15 is 0 Å². The Morgan fingerprint density at radius 1 is 1.06 bits per heavy atom. The van der Waals surface area contributed by atoms with Gasteiger partial charge in [-0.25, -0.2) is 4.98 Å². The predicted octanol–water partition coefficient (Wildman–Crippen LogP) is 7.20. The van der Waals surface area contributed by atoms with Crippen LogP contribution in [0.3, 0.4) is 0 Å². The second-order valence-electron chi connectivity index (χ2n) is 12.9. The van der Waals surface area contributed by atoms with Crippen LogP contribution in [0.25, 0.3) is 0 Å². The normalized spacial score (nSPS) is 21.7. The number of carbonyl (C=O) groups is 2. The lowest BCUT2D eigenvalue weighted by atomic mass is 9.80. The summed E-state index contributed by atoms with van der Waals surface area (Å²) in [5, 5.41) is 7.91. The lowest BCUT2D eigenvalue weighted by Crippen LogP contribution is -2.48. The maximum Gasteiger partial charge on any atom is 0.251 e. The molecule has 2 aromatic carbocycles. The third-order valence-corrected chi connectivity index (χ3v) is 10.5. The molecule has 4 atom stereocenters. The molecule has 2 saturated heterocycles. The van der Waals surface area contributed by atoms with Gasteiger partial charge in [-0.3, -0.25) is 9.59 Å². The van der Waals surface area contributed by atoms with Gasteiger partial charge in [0.15, 0.2) is 5.75 Å². The van der Waals surface area contributed by atoms with Crippen LogP contribution < -0.4 is 20.3 Å². The van der Waals surface area contributed by atoms with Crippen LogP contribution in [0.2, 0.25) is 15.1 Å². The molecule has 11 heteroatoms. The standard InChI is InChI=1S/C36H42Cl3N5O3/c1-4-41-35(45)23-5-9-30(37)28(17-23)22(3)44(25-7-8-25)36(46)29-19-40-13-11-27(29)24-6-10-33(42-18-24)43-14-12-26(20-43)47-34-31(38)15-21(2)16-32(34)39/h5-6,9-10,15-18,22,25-27,29,40H,4,7-8,11-14,19-20H2,1-3H3,(H,41,45)/t22?,26-,27-,29+/m1/s1. The van der Waals surface area contributed by atoms with Crippen molar-refractivity contribution in [1.29, 1.82) is 0 Å². The molecule has 1 aliphatic carbocycles. The molecule has 1 aromatic heterocycles. The molecule has 3 fully saturated rings. The van der Waals surface area contributed by atoms with Crippen molar-refractivity contribution >= 4 is 52.4 Å². The molecule has 2 aliphatic heterocycles. The molecule has 0 bridgehead atoms. The van der Waals surface area contributed by atoms with E-state index in [0.717, 1.165) is 61.3 Å². The number of aryl methyl sites for hydroxylation is 1. The van der Waals surface area contributed by atoms with Crippen molar-refractivity contribution in [2.75, 3.05) is 37.6 Å². The van der Waals surface area contributed by atoms with E-state index in [1.165, 1.54) is 0 Å². The van der Waals surface area contributed by atoms with Gasteiger partial charge >= 0.3 is 0 Å². The molecule has 1 unspecified atom stereocenters. The van der Waals surface area contributed by atoms with E-state index < -0.39 is 0 Å². The third kappa shape index (κ3) is 7.51. The van der Waals surface area contributed by atoms with Crippen molar-refractivity contribution in [2.45, 2.75) is 70.6 Å². The predicted molar refractivity (Wildman–Crippen MR) is 188 cm³/mol. The second-order valence-corrected chi connectivity index (χ2v) is 14.2. The van der Waals surface area contributed by atoms with Crippen molar-refractivity contribution < 1.29 is 14.3 Å². The van der Waals surface area contributed by atoms with Gasteiger partial charge in [0.05, 0.1) is 28.5 Å². The second kappa shape index (κ2) is 14.6. The number of hydrogen-bond donors (Lipinski definition) is 2. The average molecular weight is 699 g/mol. The molecule has 0 radical (unpaired) electrons. The summed E-state index contributed by atoms with van der Waals surface area (Å²) in [5.41, 5.74) is 3.40. The van der Waals surface area contributed by atoms with E-state index in [0.29, 0.717) is 46.0 Å². The number of pyridine rings is 1. The minimum atomic E-state index is -0.269. The first-order valence-corrected chi connectivity index (χ1v) is 17.7. The van der Waals surface area contributed by atoms with Crippen LogP contribution in [0.4, 0.5) is 5.82 Å². The number of nitrogens with one attached hydrogen (secondary N) is 2. The first-order chi connectivity index (χ1) is 22.6. The van der Waals surface area contributed by atoms with E-state index in [9.17, 15) is 9.59 Å². The number of carbonyl (C=O) groups excluding carboxylic acids is 2. The summed E-state index contributed by atoms with van der Waals surface area (Å²) < 4.78 is 6.23. The van der Waals surface area contributed by atoms with Gasteiger partial charge < -0.3 is 25.2 Å². The molecular formula is C36H42Cl3N5O3. The zero-order valence-electron chi connectivity index (χ0n) is 27.1. The van der Waals surface area contributed by atoms with E-state index in [4.69, 9.17) is 44.5 Å². The van der Waals surface area contributed by atoms with E-state index in [1.54, 1.807) is 12.1 Å². The smallest absolute Gasteiger partial charge is 0.251 e. The highest BCUT2D eigenvalue weighted by Gasteiger charge is 2.43. The Bertz CT molecular complexity index is 1590. The van der Waals surface area contributed by atoms with Gasteiger partial charge in [-0.2, -0.15) is 0 Å². The molecule has 1 saturated carbocycles. The van der Waals surface area contributed by atoms with Crippen LogP contribution in [-0.2, 0) is 4.79 Å². The highest BCUT2D eigenvalue weighted by molar-refractivity contribution is 6.37. The largest absolute Gasteiger partial charge is 0.485 e.